The molecule has 0 radical (unpaired) electrons. The number of rotatable bonds is 8. The maximum atomic E-state index is 12.3. The highest BCUT2D eigenvalue weighted by atomic mass is 16.5. The van der Waals surface area contributed by atoms with E-state index in [9.17, 15) is 9.59 Å². The molecule has 0 saturated heterocycles. The van der Waals surface area contributed by atoms with E-state index in [2.05, 4.69) is 5.32 Å². The SMILES string of the molecule is CCC(C)C(NC(=O)c1ccc(COc2ccccc2)cc1)C(N)=O. The quantitative estimate of drug-likeness (QED) is 0.775. The number of hydrogen-bond acceptors (Lipinski definition) is 3. The van der Waals surface area contributed by atoms with Crippen molar-refractivity contribution in [2.75, 3.05) is 0 Å². The number of amides is 2. The molecule has 2 aromatic rings. The van der Waals surface area contributed by atoms with Crippen molar-refractivity contribution in [1.82, 2.24) is 5.32 Å². The number of hydrogen-bond donors (Lipinski definition) is 2. The summed E-state index contributed by atoms with van der Waals surface area (Å²) in [5.74, 6) is -0.0441. The Morgan fingerprint density at radius 2 is 1.72 bits per heavy atom. The minimum atomic E-state index is -0.668. The van der Waals surface area contributed by atoms with E-state index in [0.29, 0.717) is 12.2 Å². The van der Waals surface area contributed by atoms with Crippen molar-refractivity contribution in [3.8, 4) is 5.75 Å². The van der Waals surface area contributed by atoms with Crippen LogP contribution in [0.3, 0.4) is 0 Å². The Morgan fingerprint density at radius 3 is 2.28 bits per heavy atom. The molecule has 132 valence electrons. The smallest absolute Gasteiger partial charge is 0.251 e. The van der Waals surface area contributed by atoms with E-state index in [4.69, 9.17) is 10.5 Å². The molecule has 2 atom stereocenters. The van der Waals surface area contributed by atoms with Crippen molar-refractivity contribution in [2.45, 2.75) is 32.9 Å². The molecule has 0 heterocycles. The van der Waals surface area contributed by atoms with Crippen LogP contribution in [0.4, 0.5) is 0 Å². The van der Waals surface area contributed by atoms with Gasteiger partial charge in [-0.05, 0) is 35.7 Å². The van der Waals surface area contributed by atoms with Crippen molar-refractivity contribution < 1.29 is 14.3 Å². The highest BCUT2D eigenvalue weighted by molar-refractivity contribution is 5.97. The monoisotopic (exact) mass is 340 g/mol. The second-order valence-electron chi connectivity index (χ2n) is 6.04. The lowest BCUT2D eigenvalue weighted by Crippen LogP contribution is -2.48. The third-order valence-corrected chi connectivity index (χ3v) is 4.17. The van der Waals surface area contributed by atoms with Gasteiger partial charge in [-0.1, -0.05) is 50.6 Å². The van der Waals surface area contributed by atoms with Gasteiger partial charge in [-0.2, -0.15) is 0 Å². The Kier molecular flexibility index (Phi) is 6.57. The predicted octanol–water partition coefficient (Wildman–Crippen LogP) is 2.90. The zero-order chi connectivity index (χ0) is 18.2. The molecule has 2 unspecified atom stereocenters. The molecule has 5 heteroatoms. The minimum Gasteiger partial charge on any atom is -0.489 e. The van der Waals surface area contributed by atoms with E-state index < -0.39 is 11.9 Å². The van der Waals surface area contributed by atoms with Crippen molar-refractivity contribution in [1.29, 1.82) is 0 Å². The second-order valence-corrected chi connectivity index (χ2v) is 6.04. The van der Waals surface area contributed by atoms with Gasteiger partial charge in [0, 0.05) is 5.56 Å². The molecule has 0 aliphatic rings. The number of para-hydroxylation sites is 1. The number of ether oxygens (including phenoxy) is 1. The molecule has 5 nitrogen and oxygen atoms in total. The summed E-state index contributed by atoms with van der Waals surface area (Å²) in [4.78, 5) is 23.9. The predicted molar refractivity (Wildman–Crippen MR) is 97.1 cm³/mol. The summed E-state index contributed by atoms with van der Waals surface area (Å²) in [6.45, 7) is 4.26. The molecule has 0 aromatic heterocycles. The Morgan fingerprint density at radius 1 is 1.08 bits per heavy atom. The van der Waals surface area contributed by atoms with Gasteiger partial charge in [0.2, 0.25) is 5.91 Å². The van der Waals surface area contributed by atoms with E-state index in [0.717, 1.165) is 17.7 Å². The van der Waals surface area contributed by atoms with Crippen molar-refractivity contribution in [3.63, 3.8) is 0 Å². The van der Waals surface area contributed by atoms with Gasteiger partial charge in [0.1, 0.15) is 18.4 Å². The van der Waals surface area contributed by atoms with Crippen LogP contribution in [-0.2, 0) is 11.4 Å². The van der Waals surface area contributed by atoms with Gasteiger partial charge < -0.3 is 15.8 Å². The third-order valence-electron chi connectivity index (χ3n) is 4.17. The van der Waals surface area contributed by atoms with E-state index >= 15 is 0 Å². The number of primary amides is 1. The molecular weight excluding hydrogens is 316 g/mol. The summed E-state index contributed by atoms with van der Waals surface area (Å²) >= 11 is 0. The largest absolute Gasteiger partial charge is 0.489 e. The number of nitrogens with two attached hydrogens (primary N) is 1. The van der Waals surface area contributed by atoms with E-state index in [1.807, 2.05) is 56.3 Å². The summed E-state index contributed by atoms with van der Waals surface area (Å²) in [6, 6.07) is 16.0. The van der Waals surface area contributed by atoms with Gasteiger partial charge in [0.25, 0.3) is 5.91 Å². The number of nitrogens with one attached hydrogen (secondary N) is 1. The maximum Gasteiger partial charge on any atom is 0.251 e. The average Bonchev–Trinajstić information content (AvgIpc) is 2.64. The first-order valence-electron chi connectivity index (χ1n) is 8.38. The maximum absolute atomic E-state index is 12.3. The summed E-state index contributed by atoms with van der Waals surface area (Å²) in [7, 11) is 0. The summed E-state index contributed by atoms with van der Waals surface area (Å²) in [6.07, 6.45) is 0.754. The van der Waals surface area contributed by atoms with Crippen LogP contribution < -0.4 is 15.8 Å². The van der Waals surface area contributed by atoms with Crippen LogP contribution in [0.25, 0.3) is 0 Å². The molecule has 0 bridgehead atoms. The molecule has 2 rings (SSSR count). The topological polar surface area (TPSA) is 81.4 Å². The molecule has 2 aromatic carbocycles. The number of carbonyl (C=O) groups excluding carboxylic acids is 2. The highest BCUT2D eigenvalue weighted by Gasteiger charge is 2.23. The fraction of sp³-hybridized carbons (Fsp3) is 0.300. The molecule has 0 aliphatic heterocycles. The van der Waals surface area contributed by atoms with Crippen LogP contribution in [0.2, 0.25) is 0 Å². The fourth-order valence-corrected chi connectivity index (χ4v) is 2.39. The number of benzene rings is 2. The van der Waals surface area contributed by atoms with Gasteiger partial charge in [0.05, 0.1) is 0 Å². The van der Waals surface area contributed by atoms with E-state index in [1.165, 1.54) is 0 Å². The molecule has 0 spiro atoms. The van der Waals surface area contributed by atoms with Crippen LogP contribution in [-0.4, -0.2) is 17.9 Å². The summed E-state index contributed by atoms with van der Waals surface area (Å²) in [5.41, 5.74) is 6.83. The zero-order valence-electron chi connectivity index (χ0n) is 14.6. The molecule has 0 fully saturated rings. The normalized spacial score (nSPS) is 12.9. The fourth-order valence-electron chi connectivity index (χ4n) is 2.39. The first-order valence-corrected chi connectivity index (χ1v) is 8.38. The van der Waals surface area contributed by atoms with Crippen LogP contribution in [0.5, 0.6) is 5.75 Å². The molecule has 0 saturated carbocycles. The Hall–Kier alpha value is -2.82. The molecule has 0 aliphatic carbocycles. The Balaban J connectivity index is 1.96. The molecule has 2 amide bonds. The molecule has 3 N–H and O–H groups in total. The highest BCUT2D eigenvalue weighted by Crippen LogP contribution is 2.13. The van der Waals surface area contributed by atoms with Crippen LogP contribution in [0, 0.1) is 5.92 Å². The van der Waals surface area contributed by atoms with Crippen molar-refractivity contribution >= 4 is 11.8 Å². The van der Waals surface area contributed by atoms with E-state index in [1.54, 1.807) is 12.1 Å². The molecular formula is C20H24N2O3. The van der Waals surface area contributed by atoms with Gasteiger partial charge in [-0.15, -0.1) is 0 Å². The van der Waals surface area contributed by atoms with Crippen molar-refractivity contribution in [2.24, 2.45) is 11.7 Å². The minimum absolute atomic E-state index is 0.0139. The molecule has 25 heavy (non-hydrogen) atoms. The van der Waals surface area contributed by atoms with Crippen LogP contribution >= 0.6 is 0 Å². The second kappa shape index (κ2) is 8.87. The van der Waals surface area contributed by atoms with Gasteiger partial charge in [-0.3, -0.25) is 9.59 Å². The lowest BCUT2D eigenvalue weighted by Gasteiger charge is -2.21. The van der Waals surface area contributed by atoms with Crippen LogP contribution in [0.15, 0.2) is 54.6 Å². The summed E-state index contributed by atoms with van der Waals surface area (Å²) in [5, 5.41) is 2.72. The third kappa shape index (κ3) is 5.35. The first-order chi connectivity index (χ1) is 12.0. The summed E-state index contributed by atoms with van der Waals surface area (Å²) < 4.78 is 5.67. The van der Waals surface area contributed by atoms with Crippen LogP contribution in [0.1, 0.15) is 36.2 Å². The van der Waals surface area contributed by atoms with Crippen molar-refractivity contribution in [3.05, 3.63) is 65.7 Å². The lowest BCUT2D eigenvalue weighted by molar-refractivity contribution is -0.120. The first kappa shape index (κ1) is 18.5. The van der Waals surface area contributed by atoms with Gasteiger partial charge in [-0.25, -0.2) is 0 Å². The van der Waals surface area contributed by atoms with Gasteiger partial charge in [0.15, 0.2) is 0 Å². The standard InChI is InChI=1S/C20H24N2O3/c1-3-14(2)18(19(21)23)22-20(24)16-11-9-15(10-12-16)13-25-17-7-5-4-6-8-17/h4-12,14,18H,3,13H2,1-2H3,(H2,21,23)(H,22,24). The Labute approximate surface area is 148 Å². The van der Waals surface area contributed by atoms with Gasteiger partial charge >= 0.3 is 0 Å². The number of carbonyl (C=O) groups is 2. The van der Waals surface area contributed by atoms with E-state index in [-0.39, 0.29) is 11.8 Å². The zero-order valence-corrected chi connectivity index (χ0v) is 14.6. The lowest BCUT2D eigenvalue weighted by atomic mass is 9.98. The Bertz CT molecular complexity index is 699. The average molecular weight is 340 g/mol.